The van der Waals surface area contributed by atoms with Crippen LogP contribution in [-0.2, 0) is 9.59 Å². The number of hydrogen-bond donors (Lipinski definition) is 1. The summed E-state index contributed by atoms with van der Waals surface area (Å²) < 4.78 is 32.0. The Morgan fingerprint density at radius 3 is 1.67 bits per heavy atom. The highest BCUT2D eigenvalue weighted by Gasteiger charge is 2.36. The maximum atomic E-state index is 13.0. The molecule has 1 fully saturated rings. The Kier molecular flexibility index (Phi) is 7.37. The van der Waals surface area contributed by atoms with Gasteiger partial charge in [0.25, 0.3) is 0 Å². The van der Waals surface area contributed by atoms with Crippen LogP contribution in [0, 0.1) is 5.92 Å². The van der Waals surface area contributed by atoms with Gasteiger partial charge in [0.2, 0.25) is 23.3 Å². The summed E-state index contributed by atoms with van der Waals surface area (Å²) in [5.74, 6) is 1.46. The third kappa shape index (κ3) is 4.69. The molecular formula is C23H28N2O8. The van der Waals surface area contributed by atoms with Crippen molar-refractivity contribution in [3.63, 3.8) is 0 Å². The predicted molar refractivity (Wildman–Crippen MR) is 121 cm³/mol. The second-order valence-electron chi connectivity index (χ2n) is 7.19. The number of rotatable bonds is 9. The molecule has 0 bridgehead atoms. The molecule has 0 radical (unpaired) electrons. The first-order valence-corrected chi connectivity index (χ1v) is 10.1. The minimum atomic E-state index is -0.560. The second-order valence-corrected chi connectivity index (χ2v) is 7.19. The summed E-state index contributed by atoms with van der Waals surface area (Å²) >= 11 is 0. The van der Waals surface area contributed by atoms with Crippen molar-refractivity contribution in [2.45, 2.75) is 6.42 Å². The molecular weight excluding hydrogens is 432 g/mol. The average Bonchev–Trinajstić information content (AvgIpc) is 3.23. The van der Waals surface area contributed by atoms with Crippen molar-refractivity contribution in [2.75, 3.05) is 59.4 Å². The first-order valence-electron chi connectivity index (χ1n) is 10.1. The van der Waals surface area contributed by atoms with Crippen molar-refractivity contribution in [1.29, 1.82) is 0 Å². The number of benzene rings is 2. The van der Waals surface area contributed by atoms with Gasteiger partial charge in [0.1, 0.15) is 0 Å². The van der Waals surface area contributed by atoms with E-state index in [1.54, 1.807) is 24.3 Å². The SMILES string of the molecule is COc1cc(NC(=O)C2CC(=O)N(c3cc(OC)c(OC)c(OC)c3)C2)cc(OC)c1OC. The van der Waals surface area contributed by atoms with Crippen molar-refractivity contribution < 1.29 is 38.0 Å². The lowest BCUT2D eigenvalue weighted by Gasteiger charge is -2.20. The fourth-order valence-corrected chi connectivity index (χ4v) is 3.75. The number of carbonyl (C=O) groups excluding carboxylic acids is 2. The Hall–Kier alpha value is -3.82. The molecule has 0 saturated carbocycles. The maximum absolute atomic E-state index is 13.0. The van der Waals surface area contributed by atoms with E-state index in [-0.39, 0.29) is 24.8 Å². The minimum Gasteiger partial charge on any atom is -0.493 e. The number of nitrogens with zero attached hydrogens (tertiary/aromatic N) is 1. The second kappa shape index (κ2) is 10.2. The molecule has 1 atom stereocenters. The molecule has 1 aliphatic heterocycles. The molecule has 1 aliphatic rings. The smallest absolute Gasteiger partial charge is 0.229 e. The minimum absolute atomic E-state index is 0.0624. The standard InChI is InChI=1S/C23H28N2O8/c1-28-16-8-14(9-17(29-2)21(16)32-5)24-23(27)13-7-20(26)25(12-13)15-10-18(30-3)22(33-6)19(11-15)31-4/h8-11,13H,7,12H2,1-6H3,(H,24,27). The summed E-state index contributed by atoms with van der Waals surface area (Å²) in [5.41, 5.74) is 1.02. The largest absolute Gasteiger partial charge is 0.493 e. The van der Waals surface area contributed by atoms with Crippen molar-refractivity contribution in [3.8, 4) is 34.5 Å². The number of carbonyl (C=O) groups is 2. The van der Waals surface area contributed by atoms with E-state index < -0.39 is 5.92 Å². The lowest BCUT2D eigenvalue weighted by Crippen LogP contribution is -2.28. The first-order chi connectivity index (χ1) is 15.9. The van der Waals surface area contributed by atoms with Crippen LogP contribution in [0.15, 0.2) is 24.3 Å². The third-order valence-corrected chi connectivity index (χ3v) is 5.39. The topological polar surface area (TPSA) is 105 Å². The molecule has 2 aromatic rings. The Bertz CT molecular complexity index is 989. The van der Waals surface area contributed by atoms with E-state index in [0.717, 1.165) is 0 Å². The van der Waals surface area contributed by atoms with Gasteiger partial charge in [-0.2, -0.15) is 0 Å². The highest BCUT2D eigenvalue weighted by Crippen LogP contribution is 2.43. The molecule has 0 aliphatic carbocycles. The van der Waals surface area contributed by atoms with Crippen LogP contribution in [0.3, 0.4) is 0 Å². The summed E-state index contributed by atoms with van der Waals surface area (Å²) in [4.78, 5) is 27.3. The summed E-state index contributed by atoms with van der Waals surface area (Å²) in [6.45, 7) is 0.202. The van der Waals surface area contributed by atoms with Gasteiger partial charge < -0.3 is 38.6 Å². The molecule has 1 heterocycles. The van der Waals surface area contributed by atoms with Crippen molar-refractivity contribution in [2.24, 2.45) is 5.92 Å². The molecule has 1 unspecified atom stereocenters. The van der Waals surface area contributed by atoms with Crippen LogP contribution in [-0.4, -0.2) is 61.0 Å². The van der Waals surface area contributed by atoms with Crippen LogP contribution in [0.5, 0.6) is 34.5 Å². The lowest BCUT2D eigenvalue weighted by molar-refractivity contribution is -0.122. The third-order valence-electron chi connectivity index (χ3n) is 5.39. The van der Waals surface area contributed by atoms with Gasteiger partial charge in [-0.05, 0) is 0 Å². The predicted octanol–water partition coefficient (Wildman–Crippen LogP) is 2.73. The van der Waals surface area contributed by atoms with Crippen LogP contribution in [0.2, 0.25) is 0 Å². The molecule has 10 nitrogen and oxygen atoms in total. The summed E-state index contributed by atoms with van der Waals surface area (Å²) in [7, 11) is 8.99. The van der Waals surface area contributed by atoms with E-state index in [1.165, 1.54) is 47.6 Å². The highest BCUT2D eigenvalue weighted by molar-refractivity contribution is 6.04. The fraction of sp³-hybridized carbons (Fsp3) is 0.391. The van der Waals surface area contributed by atoms with Gasteiger partial charge >= 0.3 is 0 Å². The van der Waals surface area contributed by atoms with E-state index in [9.17, 15) is 9.59 Å². The Labute approximate surface area is 192 Å². The summed E-state index contributed by atoms with van der Waals surface area (Å²) in [6.07, 6.45) is 0.0624. The first kappa shape index (κ1) is 23.8. The Balaban J connectivity index is 1.81. The normalized spacial score (nSPS) is 15.2. The van der Waals surface area contributed by atoms with E-state index in [4.69, 9.17) is 28.4 Å². The van der Waals surface area contributed by atoms with E-state index >= 15 is 0 Å². The van der Waals surface area contributed by atoms with Crippen LogP contribution in [0.1, 0.15) is 6.42 Å². The number of nitrogens with one attached hydrogen (secondary N) is 1. The van der Waals surface area contributed by atoms with E-state index in [0.29, 0.717) is 45.9 Å². The zero-order chi connectivity index (χ0) is 24.1. The summed E-state index contributed by atoms with van der Waals surface area (Å²) in [5, 5.41) is 2.84. The van der Waals surface area contributed by atoms with Gasteiger partial charge in [-0.25, -0.2) is 0 Å². The molecule has 10 heteroatoms. The van der Waals surface area contributed by atoms with Crippen LogP contribution >= 0.6 is 0 Å². The number of amides is 2. The van der Waals surface area contributed by atoms with Crippen molar-refractivity contribution >= 4 is 23.2 Å². The van der Waals surface area contributed by atoms with Crippen LogP contribution in [0.25, 0.3) is 0 Å². The molecule has 178 valence electrons. The maximum Gasteiger partial charge on any atom is 0.229 e. The van der Waals surface area contributed by atoms with Crippen LogP contribution in [0.4, 0.5) is 11.4 Å². The van der Waals surface area contributed by atoms with Crippen molar-refractivity contribution in [3.05, 3.63) is 24.3 Å². The van der Waals surface area contributed by atoms with Gasteiger partial charge in [0.05, 0.1) is 54.3 Å². The van der Waals surface area contributed by atoms with Gasteiger partial charge in [0, 0.05) is 42.9 Å². The highest BCUT2D eigenvalue weighted by atomic mass is 16.5. The van der Waals surface area contributed by atoms with Gasteiger partial charge in [-0.1, -0.05) is 0 Å². The molecule has 0 spiro atoms. The lowest BCUT2D eigenvalue weighted by atomic mass is 10.1. The zero-order valence-corrected chi connectivity index (χ0v) is 19.5. The van der Waals surface area contributed by atoms with E-state index in [1.807, 2.05) is 0 Å². The number of ether oxygens (including phenoxy) is 6. The number of methoxy groups -OCH3 is 6. The molecule has 1 saturated heterocycles. The average molecular weight is 460 g/mol. The van der Waals surface area contributed by atoms with Crippen molar-refractivity contribution in [1.82, 2.24) is 0 Å². The molecule has 1 N–H and O–H groups in total. The molecule has 2 aromatic carbocycles. The molecule has 2 amide bonds. The molecule has 0 aromatic heterocycles. The zero-order valence-electron chi connectivity index (χ0n) is 19.5. The Morgan fingerprint density at radius 1 is 0.788 bits per heavy atom. The Morgan fingerprint density at radius 2 is 1.24 bits per heavy atom. The van der Waals surface area contributed by atoms with Gasteiger partial charge in [0.15, 0.2) is 23.0 Å². The molecule has 3 rings (SSSR count). The quantitative estimate of drug-likeness (QED) is 0.609. The number of hydrogen-bond acceptors (Lipinski definition) is 8. The number of anilines is 2. The van der Waals surface area contributed by atoms with Crippen LogP contribution < -0.4 is 38.6 Å². The van der Waals surface area contributed by atoms with E-state index in [2.05, 4.69) is 5.32 Å². The van der Waals surface area contributed by atoms with Gasteiger partial charge in [-0.3, -0.25) is 9.59 Å². The summed E-state index contributed by atoms with van der Waals surface area (Å²) in [6, 6.07) is 6.62. The molecule has 33 heavy (non-hydrogen) atoms. The monoisotopic (exact) mass is 460 g/mol. The van der Waals surface area contributed by atoms with Gasteiger partial charge in [-0.15, -0.1) is 0 Å². The fourth-order valence-electron chi connectivity index (χ4n) is 3.75.